The van der Waals surface area contributed by atoms with Crippen molar-refractivity contribution < 1.29 is 80.2 Å². The molecule has 0 aliphatic rings. The van der Waals surface area contributed by atoms with E-state index in [4.69, 9.17) is 37.0 Å². The number of allylic oxidation sites excluding steroid dienone is 22. The maximum Gasteiger partial charge on any atom is 0.472 e. The third kappa shape index (κ3) is 77.4. The van der Waals surface area contributed by atoms with Gasteiger partial charge in [0.15, 0.2) is 12.2 Å². The molecule has 3 N–H and O–H groups in total. The Morgan fingerprint density at radius 3 is 0.792 bits per heavy atom. The lowest BCUT2D eigenvalue weighted by Crippen LogP contribution is -2.30. The molecule has 0 saturated heterocycles. The number of phosphoric ester groups is 2. The van der Waals surface area contributed by atoms with Crippen LogP contribution in [-0.4, -0.2) is 96.7 Å². The first kappa shape index (κ1) is 101. The number of carbonyl (C=O) groups excluding carboxylic acids is 4. The molecule has 0 aromatic rings. The monoisotopic (exact) mass is 1530 g/mol. The molecule has 0 aromatic carbocycles. The summed E-state index contributed by atoms with van der Waals surface area (Å²) in [7, 11) is -9.98. The van der Waals surface area contributed by atoms with Gasteiger partial charge in [0.1, 0.15) is 19.3 Å². The second-order valence-corrected chi connectivity index (χ2v) is 30.2. The van der Waals surface area contributed by atoms with Gasteiger partial charge < -0.3 is 33.8 Å². The largest absolute Gasteiger partial charge is 0.472 e. The molecule has 0 aliphatic carbocycles. The third-order valence-corrected chi connectivity index (χ3v) is 19.0. The van der Waals surface area contributed by atoms with Crippen LogP contribution in [0.15, 0.2) is 134 Å². The molecule has 0 spiro atoms. The zero-order valence-electron chi connectivity index (χ0n) is 66.6. The Hall–Kier alpha value is -4.80. The summed E-state index contributed by atoms with van der Waals surface area (Å²) in [4.78, 5) is 73.1. The number of ether oxygens (including phenoxy) is 4. The van der Waals surface area contributed by atoms with Crippen LogP contribution in [0.2, 0.25) is 0 Å². The zero-order valence-corrected chi connectivity index (χ0v) is 68.4. The fourth-order valence-corrected chi connectivity index (χ4v) is 12.3. The van der Waals surface area contributed by atoms with Crippen molar-refractivity contribution in [2.75, 3.05) is 39.6 Å². The van der Waals surface area contributed by atoms with Crippen LogP contribution in [0, 0.1) is 0 Å². The van der Waals surface area contributed by atoms with Gasteiger partial charge in [0.25, 0.3) is 0 Å². The van der Waals surface area contributed by atoms with E-state index >= 15 is 0 Å². The summed E-state index contributed by atoms with van der Waals surface area (Å²) in [6.45, 7) is 4.62. The first-order valence-electron chi connectivity index (χ1n) is 41.4. The summed E-state index contributed by atoms with van der Waals surface area (Å²) in [6.07, 6.45) is 88.5. The molecule has 106 heavy (non-hydrogen) atoms. The van der Waals surface area contributed by atoms with E-state index in [0.717, 1.165) is 205 Å². The normalized spacial score (nSPS) is 14.5. The van der Waals surface area contributed by atoms with Crippen molar-refractivity contribution in [3.8, 4) is 0 Å². The highest BCUT2D eigenvalue weighted by Crippen LogP contribution is 2.45. The molecule has 0 bridgehead atoms. The van der Waals surface area contributed by atoms with Crippen molar-refractivity contribution in [1.29, 1.82) is 0 Å². The maximum absolute atomic E-state index is 13.1. The van der Waals surface area contributed by atoms with Crippen molar-refractivity contribution in [2.24, 2.45) is 0 Å². The van der Waals surface area contributed by atoms with Crippen molar-refractivity contribution in [1.82, 2.24) is 0 Å². The smallest absolute Gasteiger partial charge is 0.462 e. The van der Waals surface area contributed by atoms with Crippen LogP contribution in [0.4, 0.5) is 0 Å². The lowest BCUT2D eigenvalue weighted by atomic mass is 10.1. The summed E-state index contributed by atoms with van der Waals surface area (Å²) in [5.74, 6) is -2.23. The Morgan fingerprint density at radius 1 is 0.274 bits per heavy atom. The first-order valence-corrected chi connectivity index (χ1v) is 44.4. The Bertz CT molecular complexity index is 2530. The summed E-state index contributed by atoms with van der Waals surface area (Å²) in [5.41, 5.74) is 0. The van der Waals surface area contributed by atoms with Gasteiger partial charge in [-0.1, -0.05) is 283 Å². The second-order valence-electron chi connectivity index (χ2n) is 27.3. The molecule has 5 unspecified atom stereocenters. The van der Waals surface area contributed by atoms with Gasteiger partial charge in [0.05, 0.1) is 26.4 Å². The molecule has 0 amide bonds. The summed E-state index contributed by atoms with van der Waals surface area (Å²) in [5, 5.41) is 10.7. The molecule has 0 saturated carbocycles. The van der Waals surface area contributed by atoms with E-state index in [9.17, 15) is 43.2 Å². The molecular formula is C87H148O17P2. The molecule has 0 fully saturated rings. The van der Waals surface area contributed by atoms with Crippen LogP contribution in [-0.2, 0) is 65.4 Å². The third-order valence-electron chi connectivity index (χ3n) is 17.1. The van der Waals surface area contributed by atoms with Crippen molar-refractivity contribution in [3.63, 3.8) is 0 Å². The average Bonchev–Trinajstić information content (AvgIpc) is 0.901. The predicted molar refractivity (Wildman–Crippen MR) is 436 cm³/mol. The predicted octanol–water partition coefficient (Wildman–Crippen LogP) is 24.4. The molecule has 0 radical (unpaired) electrons. The lowest BCUT2D eigenvalue weighted by Gasteiger charge is -2.21. The van der Waals surface area contributed by atoms with Crippen molar-refractivity contribution in [3.05, 3.63) is 134 Å². The minimum absolute atomic E-state index is 0.0607. The van der Waals surface area contributed by atoms with Crippen LogP contribution in [0.1, 0.15) is 336 Å². The van der Waals surface area contributed by atoms with Gasteiger partial charge in [-0.3, -0.25) is 37.3 Å². The topological polar surface area (TPSA) is 237 Å². The van der Waals surface area contributed by atoms with Crippen LogP contribution in [0.25, 0.3) is 0 Å². The van der Waals surface area contributed by atoms with Gasteiger partial charge in [-0.05, 0) is 161 Å². The number of carbonyl (C=O) groups is 4. The lowest BCUT2D eigenvalue weighted by molar-refractivity contribution is -0.161. The van der Waals surface area contributed by atoms with Crippen LogP contribution in [0.5, 0.6) is 0 Å². The number of phosphoric acid groups is 2. The van der Waals surface area contributed by atoms with E-state index in [1.807, 2.05) is 0 Å². The Labute approximate surface area is 644 Å². The molecule has 0 aliphatic heterocycles. The number of hydrogen-bond acceptors (Lipinski definition) is 15. The van der Waals surface area contributed by atoms with E-state index in [0.29, 0.717) is 25.7 Å². The number of aliphatic hydroxyl groups is 1. The van der Waals surface area contributed by atoms with E-state index in [2.05, 4.69) is 161 Å². The molecule has 0 rings (SSSR count). The number of unbranched alkanes of at least 4 members (excludes halogenated alkanes) is 29. The molecule has 17 nitrogen and oxygen atoms in total. The second kappa shape index (κ2) is 78.3. The van der Waals surface area contributed by atoms with E-state index in [-0.39, 0.29) is 25.7 Å². The van der Waals surface area contributed by atoms with Crippen LogP contribution in [0.3, 0.4) is 0 Å². The Balaban J connectivity index is 5.37. The first-order chi connectivity index (χ1) is 51.7. The van der Waals surface area contributed by atoms with E-state index < -0.39 is 97.5 Å². The highest BCUT2D eigenvalue weighted by Gasteiger charge is 2.30. The van der Waals surface area contributed by atoms with Crippen molar-refractivity contribution >= 4 is 39.5 Å². The maximum atomic E-state index is 13.1. The molecule has 0 heterocycles. The fraction of sp³-hybridized carbons (Fsp3) is 0.701. The van der Waals surface area contributed by atoms with Crippen LogP contribution < -0.4 is 0 Å². The number of aliphatic hydroxyl groups excluding tert-OH is 1. The van der Waals surface area contributed by atoms with E-state index in [1.165, 1.54) is 51.4 Å². The quantitative estimate of drug-likeness (QED) is 0.0169. The summed E-state index contributed by atoms with van der Waals surface area (Å²) < 4.78 is 68.6. The van der Waals surface area contributed by atoms with Gasteiger partial charge >= 0.3 is 39.5 Å². The summed E-state index contributed by atoms with van der Waals surface area (Å²) in [6, 6.07) is 0. The number of esters is 4. The SMILES string of the molecule is CC/C=C\C/C=C\C/C=C\C/C=C\CCCCCCC(=O)OC(COC(=O)CCCCCCCC/C=C\C/C=C\C/C=C\CCCCC)COP(=O)(O)OCC(O)COP(=O)(O)OCC(COC(=O)CCCCCCCC/C=C\C/C=C\C/C=C\CCCCC)OC(=O)CCCCCCC/C=C\CCCC. The summed E-state index contributed by atoms with van der Waals surface area (Å²) >= 11 is 0. The molecular weight excluding hydrogens is 1380 g/mol. The van der Waals surface area contributed by atoms with Gasteiger partial charge in [-0.2, -0.15) is 0 Å². The van der Waals surface area contributed by atoms with Gasteiger partial charge in [-0.25, -0.2) is 9.13 Å². The van der Waals surface area contributed by atoms with Crippen molar-refractivity contribution in [2.45, 2.75) is 354 Å². The highest BCUT2D eigenvalue weighted by molar-refractivity contribution is 7.47. The van der Waals surface area contributed by atoms with Gasteiger partial charge in [0, 0.05) is 25.7 Å². The Morgan fingerprint density at radius 2 is 0.500 bits per heavy atom. The minimum Gasteiger partial charge on any atom is -0.462 e. The van der Waals surface area contributed by atoms with Gasteiger partial charge in [-0.15, -0.1) is 0 Å². The fourth-order valence-electron chi connectivity index (χ4n) is 10.7. The zero-order chi connectivity index (χ0) is 77.4. The standard InChI is InChI=1S/C87H148O17P2/c1-5-9-13-17-21-25-29-32-35-38-40-43-45-48-52-55-59-63-67-71-84(89)97-77-82(103-86(91)73-69-65-61-57-51-28-24-20-16-12-8-4)79-101-105(93,94)99-75-81(88)76-100-106(95,96)102-80-83(104-87(92)74-70-66-62-58-54-50-47-42-37-34-31-27-23-19-15-11-7-3)78-98-85(90)72-68-64-60-56-53-49-46-44-41-39-36-33-30-26-22-18-14-10-6-2/h11,15,20-27,32-37,40-41,43-44,47,50,81-83,88H,5-10,12-14,16-19,28-31,38-39,42,45-46,48-49,51-80H2,1-4H3,(H,93,94)(H,95,96)/b15-11-,24-20-,25-21-,26-22-,27-23-,35-32-,36-33-,37-34-,43-40-,44-41-,50-47-. The highest BCUT2D eigenvalue weighted by atomic mass is 31.2. The van der Waals surface area contributed by atoms with E-state index in [1.54, 1.807) is 0 Å². The van der Waals surface area contributed by atoms with Gasteiger partial charge in [0.2, 0.25) is 0 Å². The minimum atomic E-state index is -4.99. The average molecular weight is 1530 g/mol. The molecule has 608 valence electrons. The Kier molecular flexibility index (Phi) is 74.8. The molecule has 19 heteroatoms. The molecule has 5 atom stereocenters. The van der Waals surface area contributed by atoms with Crippen LogP contribution >= 0.6 is 15.6 Å². The molecule has 0 aromatic heterocycles. The number of hydrogen-bond donors (Lipinski definition) is 3. The number of rotatable bonds is 77.